The molecule has 0 aliphatic carbocycles. The van der Waals surface area contributed by atoms with Crippen LogP contribution >= 0.6 is 15.9 Å². The zero-order valence-corrected chi connectivity index (χ0v) is 17.9. The first kappa shape index (κ1) is 21.7. The van der Waals surface area contributed by atoms with Gasteiger partial charge in [-0.3, -0.25) is 4.79 Å². The average molecular weight is 499 g/mol. The van der Waals surface area contributed by atoms with Gasteiger partial charge in [-0.05, 0) is 42.5 Å². The van der Waals surface area contributed by atoms with Gasteiger partial charge in [-0.1, -0.05) is 40.2 Å². The van der Waals surface area contributed by atoms with Crippen molar-refractivity contribution in [2.24, 2.45) is 0 Å². The number of halogens is 4. The van der Waals surface area contributed by atoms with E-state index in [9.17, 15) is 23.2 Å². The molecule has 0 fully saturated rings. The van der Waals surface area contributed by atoms with Crippen LogP contribution in [0.1, 0.15) is 27.8 Å². The number of benzene rings is 3. The van der Waals surface area contributed by atoms with Gasteiger partial charge in [0.2, 0.25) is 0 Å². The van der Waals surface area contributed by atoms with Crippen molar-refractivity contribution in [1.29, 1.82) is 5.26 Å². The smallest absolute Gasteiger partial charge is 0.416 e. The Hall–Kier alpha value is -3.57. The molecule has 4 nitrogen and oxygen atoms in total. The quantitative estimate of drug-likeness (QED) is 0.422. The highest BCUT2D eigenvalue weighted by atomic mass is 79.9. The molecule has 0 radical (unpaired) electrons. The van der Waals surface area contributed by atoms with E-state index in [2.05, 4.69) is 27.3 Å². The first-order valence-electron chi connectivity index (χ1n) is 9.41. The second-order valence-corrected chi connectivity index (χ2v) is 7.93. The van der Waals surface area contributed by atoms with Crippen molar-refractivity contribution in [2.75, 3.05) is 5.32 Å². The molecule has 0 unspecified atom stereocenters. The fourth-order valence-electron chi connectivity index (χ4n) is 3.34. The summed E-state index contributed by atoms with van der Waals surface area (Å²) in [6.07, 6.45) is -2.93. The molecule has 1 aliphatic rings. The number of nitrogens with zero attached hydrogens (tertiary/aromatic N) is 1. The van der Waals surface area contributed by atoms with Crippen LogP contribution in [-0.4, -0.2) is 5.91 Å². The van der Waals surface area contributed by atoms with Gasteiger partial charge in [0.1, 0.15) is 12.4 Å². The lowest BCUT2D eigenvalue weighted by Crippen LogP contribution is -2.06. The van der Waals surface area contributed by atoms with Crippen LogP contribution in [0.2, 0.25) is 0 Å². The highest BCUT2D eigenvalue weighted by molar-refractivity contribution is 9.10. The molecule has 1 heterocycles. The van der Waals surface area contributed by atoms with Gasteiger partial charge in [0.25, 0.3) is 5.91 Å². The van der Waals surface area contributed by atoms with Gasteiger partial charge < -0.3 is 10.1 Å². The number of nitriles is 1. The summed E-state index contributed by atoms with van der Waals surface area (Å²) in [6.45, 7) is 0.138. The maximum atomic E-state index is 13.0. The molecule has 0 saturated carbocycles. The lowest BCUT2D eigenvalue weighted by molar-refractivity contribution is -0.137. The van der Waals surface area contributed by atoms with Crippen molar-refractivity contribution >= 4 is 39.2 Å². The van der Waals surface area contributed by atoms with Crippen molar-refractivity contribution < 1.29 is 22.7 Å². The summed E-state index contributed by atoms with van der Waals surface area (Å²) >= 11 is 3.39. The van der Waals surface area contributed by atoms with Gasteiger partial charge in [0.05, 0.1) is 17.2 Å². The zero-order chi connectivity index (χ0) is 22.9. The van der Waals surface area contributed by atoms with Gasteiger partial charge in [-0.25, -0.2) is 0 Å². The van der Waals surface area contributed by atoms with Crippen LogP contribution in [0.25, 0.3) is 11.6 Å². The third-order valence-corrected chi connectivity index (χ3v) is 5.42. The van der Waals surface area contributed by atoms with Crippen molar-refractivity contribution in [3.8, 4) is 11.8 Å². The Kier molecular flexibility index (Phi) is 5.76. The Morgan fingerprint density at radius 2 is 1.88 bits per heavy atom. The minimum Gasteiger partial charge on any atom is -0.488 e. The van der Waals surface area contributed by atoms with E-state index in [0.717, 1.165) is 16.6 Å². The maximum absolute atomic E-state index is 13.0. The van der Waals surface area contributed by atoms with Gasteiger partial charge in [-0.15, -0.1) is 0 Å². The standard InChI is InChI=1S/C24H14BrF3N2O2/c25-18-6-8-22(32-13-15-4-2-1-3-14(15)12-29)16(9-18)10-20-19-7-5-17(24(26,27)28)11-21(19)30-23(20)31/h1-11H,13H2,(H,30,31)/b20-10-. The van der Waals surface area contributed by atoms with Crippen molar-refractivity contribution in [3.63, 3.8) is 0 Å². The maximum Gasteiger partial charge on any atom is 0.416 e. The first-order valence-corrected chi connectivity index (χ1v) is 10.2. The molecule has 1 N–H and O–H groups in total. The third-order valence-electron chi connectivity index (χ3n) is 4.92. The average Bonchev–Trinajstić information content (AvgIpc) is 3.07. The molecule has 0 aromatic heterocycles. The molecule has 4 rings (SSSR count). The van der Waals surface area contributed by atoms with Crippen LogP contribution in [0, 0.1) is 11.3 Å². The monoisotopic (exact) mass is 498 g/mol. The fourth-order valence-corrected chi connectivity index (χ4v) is 3.72. The van der Waals surface area contributed by atoms with E-state index in [0.29, 0.717) is 28.0 Å². The van der Waals surface area contributed by atoms with E-state index in [1.165, 1.54) is 6.07 Å². The molecule has 0 atom stereocenters. The largest absolute Gasteiger partial charge is 0.488 e. The van der Waals surface area contributed by atoms with Crippen LogP contribution < -0.4 is 10.1 Å². The van der Waals surface area contributed by atoms with E-state index in [4.69, 9.17) is 4.74 Å². The predicted molar refractivity (Wildman–Crippen MR) is 118 cm³/mol. The van der Waals surface area contributed by atoms with Crippen LogP contribution in [0.4, 0.5) is 18.9 Å². The van der Waals surface area contributed by atoms with Gasteiger partial charge in [-0.2, -0.15) is 18.4 Å². The summed E-state index contributed by atoms with van der Waals surface area (Å²) in [5.41, 5.74) is 1.65. The van der Waals surface area contributed by atoms with E-state index in [-0.39, 0.29) is 17.9 Å². The van der Waals surface area contributed by atoms with Crippen LogP contribution in [-0.2, 0) is 17.6 Å². The summed E-state index contributed by atoms with van der Waals surface area (Å²) < 4.78 is 45.7. The van der Waals surface area contributed by atoms with Crippen molar-refractivity contribution in [3.05, 3.63) is 93.0 Å². The Morgan fingerprint density at radius 3 is 2.62 bits per heavy atom. The number of ether oxygens (including phenoxy) is 1. The molecular weight excluding hydrogens is 485 g/mol. The minimum atomic E-state index is -4.50. The Morgan fingerprint density at radius 1 is 1.09 bits per heavy atom. The number of alkyl halides is 3. The number of fused-ring (bicyclic) bond motifs is 1. The first-order chi connectivity index (χ1) is 15.3. The number of rotatable bonds is 4. The number of carbonyl (C=O) groups is 1. The van der Waals surface area contributed by atoms with Crippen LogP contribution in [0.3, 0.4) is 0 Å². The molecule has 160 valence electrons. The van der Waals surface area contributed by atoms with Gasteiger partial charge >= 0.3 is 6.18 Å². The van der Waals surface area contributed by atoms with E-state index in [1.54, 1.807) is 48.5 Å². The Bertz CT molecular complexity index is 1290. The van der Waals surface area contributed by atoms with Crippen LogP contribution in [0.5, 0.6) is 5.75 Å². The number of hydrogen-bond donors (Lipinski definition) is 1. The summed E-state index contributed by atoms with van der Waals surface area (Å²) in [5, 5.41) is 11.7. The summed E-state index contributed by atoms with van der Waals surface area (Å²) in [6, 6.07) is 17.5. The Labute approximate surface area is 190 Å². The summed E-state index contributed by atoms with van der Waals surface area (Å²) in [4.78, 5) is 12.5. The zero-order valence-electron chi connectivity index (χ0n) is 16.3. The normalized spacial score (nSPS) is 14.1. The third kappa shape index (κ3) is 4.39. The number of carbonyl (C=O) groups excluding carboxylic acids is 1. The molecule has 32 heavy (non-hydrogen) atoms. The molecule has 1 aliphatic heterocycles. The summed E-state index contributed by atoms with van der Waals surface area (Å²) in [5.74, 6) is -0.0401. The molecular formula is C24H14BrF3N2O2. The number of hydrogen-bond acceptors (Lipinski definition) is 3. The second kappa shape index (κ2) is 8.52. The predicted octanol–water partition coefficient (Wildman–Crippen LogP) is 6.41. The van der Waals surface area contributed by atoms with Gasteiger partial charge in [0.15, 0.2) is 0 Å². The summed E-state index contributed by atoms with van der Waals surface area (Å²) in [7, 11) is 0. The topological polar surface area (TPSA) is 62.1 Å². The SMILES string of the molecule is N#Cc1ccccc1COc1ccc(Br)cc1/C=C1\C(=O)Nc2cc(C(F)(F)F)ccc21. The highest BCUT2D eigenvalue weighted by Gasteiger charge is 2.33. The van der Waals surface area contributed by atoms with E-state index < -0.39 is 17.6 Å². The molecule has 0 spiro atoms. The lowest BCUT2D eigenvalue weighted by Gasteiger charge is -2.11. The highest BCUT2D eigenvalue weighted by Crippen LogP contribution is 2.39. The number of amides is 1. The van der Waals surface area contributed by atoms with Crippen molar-refractivity contribution in [2.45, 2.75) is 12.8 Å². The molecule has 0 bridgehead atoms. The van der Waals surface area contributed by atoms with Crippen LogP contribution in [0.15, 0.2) is 65.1 Å². The van der Waals surface area contributed by atoms with Gasteiger partial charge in [0, 0.05) is 32.4 Å². The Balaban J connectivity index is 1.69. The fraction of sp³-hybridized carbons (Fsp3) is 0.0833. The van der Waals surface area contributed by atoms with Crippen molar-refractivity contribution in [1.82, 2.24) is 0 Å². The number of anilines is 1. The molecule has 3 aromatic rings. The molecule has 8 heteroatoms. The lowest BCUT2D eigenvalue weighted by atomic mass is 10.0. The molecule has 3 aromatic carbocycles. The van der Waals surface area contributed by atoms with E-state index in [1.807, 2.05) is 0 Å². The molecule has 1 amide bonds. The second-order valence-electron chi connectivity index (χ2n) is 7.01. The minimum absolute atomic E-state index is 0.108. The number of nitrogens with one attached hydrogen (secondary N) is 1. The molecule has 0 saturated heterocycles. The van der Waals surface area contributed by atoms with E-state index >= 15 is 0 Å².